The summed E-state index contributed by atoms with van der Waals surface area (Å²) in [6, 6.07) is 16.1. The normalized spacial score (nSPS) is 13.5. The zero-order valence-corrected chi connectivity index (χ0v) is 17.4. The molecule has 0 bridgehead atoms. The van der Waals surface area contributed by atoms with Gasteiger partial charge < -0.3 is 4.74 Å². The summed E-state index contributed by atoms with van der Waals surface area (Å²) in [6.07, 6.45) is 2.08. The Kier molecular flexibility index (Phi) is 8.04. The number of hydrogen-bond donors (Lipinski definition) is 0. The number of nitrogens with zero attached hydrogens (tertiary/aromatic N) is 1. The highest BCUT2D eigenvalue weighted by atomic mass is 32.2. The van der Waals surface area contributed by atoms with Crippen molar-refractivity contribution in [3.8, 4) is 11.8 Å². The average molecular weight is 402 g/mol. The number of methoxy groups -OCH3 is 1. The fourth-order valence-electron chi connectivity index (χ4n) is 2.94. The molecule has 0 fully saturated rings. The van der Waals surface area contributed by atoms with Crippen LogP contribution >= 0.6 is 0 Å². The zero-order valence-electron chi connectivity index (χ0n) is 16.6. The van der Waals surface area contributed by atoms with Gasteiger partial charge in [0.2, 0.25) is 0 Å². The molecule has 28 heavy (non-hydrogen) atoms. The number of nitriles is 1. The van der Waals surface area contributed by atoms with Gasteiger partial charge in [0.25, 0.3) is 10.1 Å². The molecule has 0 aliphatic heterocycles. The van der Waals surface area contributed by atoms with E-state index in [0.29, 0.717) is 18.6 Å². The molecular formula is C22H27NO4S. The van der Waals surface area contributed by atoms with E-state index in [0.717, 1.165) is 24.0 Å². The van der Waals surface area contributed by atoms with E-state index in [1.165, 1.54) is 0 Å². The smallest absolute Gasteiger partial charge is 0.297 e. The maximum Gasteiger partial charge on any atom is 0.297 e. The predicted octanol–water partition coefficient (Wildman–Crippen LogP) is 4.97. The Bertz CT molecular complexity index is 884. The molecule has 0 amide bonds. The highest BCUT2D eigenvalue weighted by molar-refractivity contribution is 7.86. The molecule has 6 heteroatoms. The van der Waals surface area contributed by atoms with Crippen LogP contribution in [0.15, 0.2) is 53.4 Å². The van der Waals surface area contributed by atoms with E-state index < -0.39 is 22.1 Å². The molecule has 2 aromatic carbocycles. The van der Waals surface area contributed by atoms with E-state index in [1.54, 1.807) is 43.5 Å². The Hall–Kier alpha value is -2.36. The Morgan fingerprint density at radius 1 is 1.07 bits per heavy atom. The van der Waals surface area contributed by atoms with Crippen LogP contribution < -0.4 is 4.74 Å². The van der Waals surface area contributed by atoms with Gasteiger partial charge in [-0.05, 0) is 49.6 Å². The maximum atomic E-state index is 12.7. The molecule has 0 aliphatic rings. The minimum atomic E-state index is -3.88. The van der Waals surface area contributed by atoms with Crippen molar-refractivity contribution in [1.82, 2.24) is 0 Å². The van der Waals surface area contributed by atoms with Crippen molar-refractivity contribution >= 4 is 10.1 Å². The van der Waals surface area contributed by atoms with Crippen LogP contribution in [0.3, 0.4) is 0 Å². The third-order valence-electron chi connectivity index (χ3n) is 4.62. The Morgan fingerprint density at radius 3 is 2.25 bits per heavy atom. The van der Waals surface area contributed by atoms with Crippen LogP contribution in [0.1, 0.15) is 49.7 Å². The second kappa shape index (κ2) is 10.3. The predicted molar refractivity (Wildman–Crippen MR) is 109 cm³/mol. The van der Waals surface area contributed by atoms with Gasteiger partial charge in [-0.2, -0.15) is 13.7 Å². The van der Waals surface area contributed by atoms with Crippen LogP contribution in [0.25, 0.3) is 0 Å². The monoisotopic (exact) mass is 401 g/mol. The lowest BCUT2D eigenvalue weighted by Crippen LogP contribution is -2.21. The summed E-state index contributed by atoms with van der Waals surface area (Å²) in [4.78, 5) is 0.137. The van der Waals surface area contributed by atoms with Gasteiger partial charge in [0.15, 0.2) is 0 Å². The number of unbranched alkanes of at least 4 members (excludes halogenated alkanes) is 1. The van der Waals surface area contributed by atoms with Gasteiger partial charge in [-0.25, -0.2) is 0 Å². The largest absolute Gasteiger partial charge is 0.497 e. The van der Waals surface area contributed by atoms with Crippen LogP contribution in [0.4, 0.5) is 0 Å². The third-order valence-corrected chi connectivity index (χ3v) is 6.00. The highest BCUT2D eigenvalue weighted by Crippen LogP contribution is 2.28. The Morgan fingerprint density at radius 2 is 1.71 bits per heavy atom. The molecule has 0 spiro atoms. The van der Waals surface area contributed by atoms with Crippen molar-refractivity contribution in [2.45, 2.75) is 56.4 Å². The molecule has 0 N–H and O–H groups in total. The lowest BCUT2D eigenvalue weighted by molar-refractivity contribution is 0.181. The molecule has 0 unspecified atom stereocenters. The summed E-state index contributed by atoms with van der Waals surface area (Å²) in [6.45, 7) is 3.93. The van der Waals surface area contributed by atoms with Crippen molar-refractivity contribution in [3.63, 3.8) is 0 Å². The van der Waals surface area contributed by atoms with E-state index in [4.69, 9.17) is 8.92 Å². The van der Waals surface area contributed by atoms with Gasteiger partial charge in [0.05, 0.1) is 30.1 Å². The lowest BCUT2D eigenvalue weighted by Gasteiger charge is -2.20. The first-order valence-corrected chi connectivity index (χ1v) is 10.8. The molecule has 0 heterocycles. The third kappa shape index (κ3) is 6.08. The first-order valence-electron chi connectivity index (χ1n) is 9.43. The summed E-state index contributed by atoms with van der Waals surface area (Å²) in [5, 5.41) is 9.64. The number of benzene rings is 2. The molecule has 0 radical (unpaired) electrons. The topological polar surface area (TPSA) is 76.4 Å². The van der Waals surface area contributed by atoms with Gasteiger partial charge in [-0.1, -0.05) is 49.6 Å². The van der Waals surface area contributed by atoms with Crippen molar-refractivity contribution in [2.75, 3.05) is 7.11 Å². The van der Waals surface area contributed by atoms with E-state index in [1.807, 2.05) is 26.0 Å². The first kappa shape index (κ1) is 21.9. The average Bonchev–Trinajstić information content (AvgIpc) is 2.70. The molecule has 0 saturated carbocycles. The summed E-state index contributed by atoms with van der Waals surface area (Å²) in [7, 11) is -2.30. The molecule has 2 rings (SSSR count). The van der Waals surface area contributed by atoms with Gasteiger partial charge in [0, 0.05) is 0 Å². The van der Waals surface area contributed by atoms with Crippen LogP contribution in [0.2, 0.25) is 0 Å². The fourth-order valence-corrected chi connectivity index (χ4v) is 4.05. The maximum absolute atomic E-state index is 12.7. The summed E-state index contributed by atoms with van der Waals surface area (Å²) < 4.78 is 36.1. The SMILES string of the molecule is CCCC[C@H](C[C@H](C#N)c1ccc(OC)cc1)OS(=O)(=O)c1ccc(C)cc1. The van der Waals surface area contributed by atoms with Crippen LogP contribution in [-0.2, 0) is 14.3 Å². The second-order valence-corrected chi connectivity index (χ2v) is 8.39. The van der Waals surface area contributed by atoms with Crippen molar-refractivity contribution in [2.24, 2.45) is 0 Å². The second-order valence-electron chi connectivity index (χ2n) is 6.82. The lowest BCUT2D eigenvalue weighted by atomic mass is 9.93. The summed E-state index contributed by atoms with van der Waals surface area (Å²) in [5.74, 6) is 0.252. The molecule has 2 aromatic rings. The Labute approximate surface area is 168 Å². The van der Waals surface area contributed by atoms with Crippen molar-refractivity contribution in [1.29, 1.82) is 5.26 Å². The molecule has 2 atom stereocenters. The van der Waals surface area contributed by atoms with Crippen LogP contribution in [-0.4, -0.2) is 21.6 Å². The number of aryl methyl sites for hydroxylation is 1. The molecule has 0 aliphatic carbocycles. The summed E-state index contributed by atoms with van der Waals surface area (Å²) in [5.41, 5.74) is 1.80. The standard InChI is InChI=1S/C22H27NO4S/c1-4-5-6-21(27-28(24,25)22-13-7-17(2)8-14-22)15-19(16-23)18-9-11-20(26-3)12-10-18/h7-14,19,21H,4-6,15H2,1-3H3/t19-,21-/m1/s1. The van der Waals surface area contributed by atoms with Gasteiger partial charge in [0.1, 0.15) is 5.75 Å². The van der Waals surface area contributed by atoms with E-state index in [-0.39, 0.29) is 4.90 Å². The quantitative estimate of drug-likeness (QED) is 0.526. The minimum absolute atomic E-state index is 0.137. The van der Waals surface area contributed by atoms with Gasteiger partial charge in [-0.3, -0.25) is 4.18 Å². The van der Waals surface area contributed by atoms with Crippen molar-refractivity contribution in [3.05, 3.63) is 59.7 Å². The highest BCUT2D eigenvalue weighted by Gasteiger charge is 2.25. The zero-order chi connectivity index (χ0) is 20.6. The van der Waals surface area contributed by atoms with Crippen LogP contribution in [0, 0.1) is 18.3 Å². The van der Waals surface area contributed by atoms with Gasteiger partial charge in [-0.15, -0.1) is 0 Å². The van der Waals surface area contributed by atoms with Crippen LogP contribution in [0.5, 0.6) is 5.75 Å². The molecular weight excluding hydrogens is 374 g/mol. The van der Waals surface area contributed by atoms with Gasteiger partial charge >= 0.3 is 0 Å². The van der Waals surface area contributed by atoms with E-state index in [2.05, 4.69) is 6.07 Å². The first-order chi connectivity index (χ1) is 13.4. The fraction of sp³-hybridized carbons (Fsp3) is 0.409. The van der Waals surface area contributed by atoms with E-state index >= 15 is 0 Å². The Balaban J connectivity index is 2.19. The molecule has 150 valence electrons. The molecule has 0 aromatic heterocycles. The summed E-state index contributed by atoms with van der Waals surface area (Å²) >= 11 is 0. The number of hydrogen-bond acceptors (Lipinski definition) is 5. The van der Waals surface area contributed by atoms with E-state index in [9.17, 15) is 13.7 Å². The molecule has 0 saturated heterocycles. The minimum Gasteiger partial charge on any atom is -0.497 e. The number of ether oxygens (including phenoxy) is 1. The van der Waals surface area contributed by atoms with Crippen molar-refractivity contribution < 1.29 is 17.3 Å². The molecule has 5 nitrogen and oxygen atoms in total. The number of rotatable bonds is 10.